The van der Waals surface area contributed by atoms with Crippen LogP contribution in [0.3, 0.4) is 0 Å². The van der Waals surface area contributed by atoms with Crippen LogP contribution >= 0.6 is 0 Å². The molecule has 24 heavy (non-hydrogen) atoms. The molecular weight excluding hydrogens is 310 g/mol. The van der Waals surface area contributed by atoms with E-state index in [1.807, 2.05) is 6.07 Å². The number of hydrogen-bond donors (Lipinski definition) is 2. The molecule has 0 saturated carbocycles. The number of amides is 4. The molecule has 0 spiro atoms. The fraction of sp³-hybridized carbons (Fsp3) is 0.118. The van der Waals surface area contributed by atoms with Crippen molar-refractivity contribution in [3.63, 3.8) is 0 Å². The Morgan fingerprint density at radius 3 is 2.54 bits per heavy atom. The van der Waals surface area contributed by atoms with E-state index in [9.17, 15) is 14.4 Å². The van der Waals surface area contributed by atoms with Gasteiger partial charge in [-0.25, -0.2) is 9.59 Å². The fourth-order valence-electron chi connectivity index (χ4n) is 2.34. The molecule has 3 rings (SSSR count). The number of nitrogens with zero attached hydrogens (tertiary/aromatic N) is 1. The summed E-state index contributed by atoms with van der Waals surface area (Å²) in [6.07, 6.45) is -0.641. The maximum atomic E-state index is 12.0. The highest BCUT2D eigenvalue weighted by Crippen LogP contribution is 2.23. The molecule has 0 radical (unpaired) electrons. The number of urea groups is 1. The van der Waals surface area contributed by atoms with Crippen LogP contribution in [-0.4, -0.2) is 30.0 Å². The van der Waals surface area contributed by atoms with Crippen molar-refractivity contribution in [2.24, 2.45) is 0 Å². The molecule has 1 aliphatic heterocycles. The van der Waals surface area contributed by atoms with Crippen LogP contribution in [0.15, 0.2) is 54.6 Å². The molecule has 7 nitrogen and oxygen atoms in total. The molecule has 2 aromatic carbocycles. The third kappa shape index (κ3) is 3.19. The number of carbonyl (C=O) groups excluding carboxylic acids is 3. The molecular formula is C17H15N3O4. The molecule has 0 bridgehead atoms. The van der Waals surface area contributed by atoms with Crippen molar-refractivity contribution >= 4 is 23.7 Å². The minimum absolute atomic E-state index is 0.344. The minimum atomic E-state index is -0.755. The first-order chi connectivity index (χ1) is 11.5. The van der Waals surface area contributed by atoms with E-state index < -0.39 is 18.2 Å². The summed E-state index contributed by atoms with van der Waals surface area (Å²) in [5.41, 5.74) is 1.04. The molecule has 7 heteroatoms. The molecule has 2 N–H and O–H groups in total. The van der Waals surface area contributed by atoms with Gasteiger partial charge in [0, 0.05) is 12.7 Å². The second-order valence-electron chi connectivity index (χ2n) is 5.23. The first kappa shape index (κ1) is 15.5. The highest BCUT2D eigenvalue weighted by atomic mass is 16.6. The molecule has 122 valence electrons. The normalized spacial score (nSPS) is 16.7. The zero-order valence-electron chi connectivity index (χ0n) is 12.9. The van der Waals surface area contributed by atoms with Crippen LogP contribution in [0.25, 0.3) is 0 Å². The number of nitrogens with one attached hydrogen (secondary N) is 2. The topological polar surface area (TPSA) is 87.7 Å². The van der Waals surface area contributed by atoms with Crippen LogP contribution in [0.1, 0.15) is 11.6 Å². The summed E-state index contributed by atoms with van der Waals surface area (Å²) in [5, 5.41) is 5.18. The van der Waals surface area contributed by atoms with E-state index in [1.54, 1.807) is 48.5 Å². The van der Waals surface area contributed by atoms with E-state index in [-0.39, 0.29) is 5.91 Å². The lowest BCUT2D eigenvalue weighted by molar-refractivity contribution is -0.126. The van der Waals surface area contributed by atoms with Crippen molar-refractivity contribution in [1.29, 1.82) is 0 Å². The van der Waals surface area contributed by atoms with Gasteiger partial charge in [-0.15, -0.1) is 0 Å². The number of rotatable bonds is 3. The maximum absolute atomic E-state index is 12.0. The summed E-state index contributed by atoms with van der Waals surface area (Å²) in [5.74, 6) is 0.0787. The van der Waals surface area contributed by atoms with Gasteiger partial charge in [0.05, 0.1) is 0 Å². The predicted octanol–water partition coefficient (Wildman–Crippen LogP) is 2.52. The molecule has 2 aromatic rings. The van der Waals surface area contributed by atoms with Crippen LogP contribution in [0.5, 0.6) is 5.75 Å². The standard InChI is InChI=1S/C17H15N3O4/c1-20-15(21)14(19-16(20)22)11-6-5-7-12(10-11)18-17(23)24-13-8-3-2-4-9-13/h2-10,14H,1H3,(H,18,23)(H,19,22). The van der Waals surface area contributed by atoms with Crippen molar-refractivity contribution < 1.29 is 19.1 Å². The highest BCUT2D eigenvalue weighted by molar-refractivity contribution is 6.04. The number of anilines is 1. The number of para-hydroxylation sites is 1. The van der Waals surface area contributed by atoms with Gasteiger partial charge in [0.1, 0.15) is 11.8 Å². The quantitative estimate of drug-likeness (QED) is 0.849. The van der Waals surface area contributed by atoms with E-state index in [1.165, 1.54) is 7.05 Å². The van der Waals surface area contributed by atoms with Crippen molar-refractivity contribution in [3.05, 3.63) is 60.2 Å². The van der Waals surface area contributed by atoms with Gasteiger partial charge >= 0.3 is 12.1 Å². The molecule has 1 unspecified atom stereocenters. The summed E-state index contributed by atoms with van der Waals surface area (Å²) >= 11 is 0. The molecule has 0 aliphatic carbocycles. The van der Waals surface area contributed by atoms with Crippen LogP contribution < -0.4 is 15.4 Å². The zero-order valence-corrected chi connectivity index (χ0v) is 12.9. The second-order valence-corrected chi connectivity index (χ2v) is 5.23. The van der Waals surface area contributed by atoms with Crippen LogP contribution in [0.4, 0.5) is 15.3 Å². The summed E-state index contributed by atoms with van der Waals surface area (Å²) in [6, 6.07) is 14.1. The van der Waals surface area contributed by atoms with Gasteiger partial charge in [0.2, 0.25) is 0 Å². The number of carbonyl (C=O) groups is 3. The smallest absolute Gasteiger partial charge is 0.410 e. The summed E-state index contributed by atoms with van der Waals surface area (Å²) < 4.78 is 5.14. The van der Waals surface area contributed by atoms with Gasteiger partial charge in [-0.1, -0.05) is 30.3 Å². The fourth-order valence-corrected chi connectivity index (χ4v) is 2.34. The molecule has 1 aliphatic rings. The number of hydrogen-bond acceptors (Lipinski definition) is 4. The van der Waals surface area contributed by atoms with Crippen molar-refractivity contribution in [2.75, 3.05) is 12.4 Å². The van der Waals surface area contributed by atoms with Gasteiger partial charge in [-0.2, -0.15) is 0 Å². The lowest BCUT2D eigenvalue weighted by Gasteiger charge is -2.11. The monoisotopic (exact) mass is 325 g/mol. The van der Waals surface area contributed by atoms with Crippen molar-refractivity contribution in [3.8, 4) is 5.75 Å². The Labute approximate surface area is 138 Å². The largest absolute Gasteiger partial charge is 0.417 e. The molecule has 0 aromatic heterocycles. The maximum Gasteiger partial charge on any atom is 0.417 e. The Morgan fingerprint density at radius 1 is 1.12 bits per heavy atom. The minimum Gasteiger partial charge on any atom is -0.410 e. The number of ether oxygens (including phenoxy) is 1. The van der Waals surface area contributed by atoms with Gasteiger partial charge in [-0.05, 0) is 29.8 Å². The first-order valence-corrected chi connectivity index (χ1v) is 7.26. The Balaban J connectivity index is 1.71. The molecule has 1 heterocycles. The predicted molar refractivity (Wildman–Crippen MR) is 86.6 cm³/mol. The summed E-state index contributed by atoms with van der Waals surface area (Å²) in [4.78, 5) is 36.5. The van der Waals surface area contributed by atoms with Crippen LogP contribution in [-0.2, 0) is 4.79 Å². The number of imide groups is 1. The number of benzene rings is 2. The van der Waals surface area contributed by atoms with E-state index >= 15 is 0 Å². The summed E-state index contributed by atoms with van der Waals surface area (Å²) in [6.45, 7) is 0. The van der Waals surface area contributed by atoms with Gasteiger partial charge in [0.15, 0.2) is 0 Å². The Morgan fingerprint density at radius 2 is 1.88 bits per heavy atom. The lowest BCUT2D eigenvalue weighted by atomic mass is 10.1. The van der Waals surface area contributed by atoms with E-state index in [0.29, 0.717) is 17.0 Å². The van der Waals surface area contributed by atoms with Gasteiger partial charge in [0.25, 0.3) is 5.91 Å². The summed E-state index contributed by atoms with van der Waals surface area (Å²) in [7, 11) is 1.41. The Kier molecular flexibility index (Phi) is 4.15. The van der Waals surface area contributed by atoms with E-state index in [4.69, 9.17) is 4.74 Å². The average molecular weight is 325 g/mol. The van der Waals surface area contributed by atoms with Crippen LogP contribution in [0.2, 0.25) is 0 Å². The first-order valence-electron chi connectivity index (χ1n) is 7.26. The molecule has 1 atom stereocenters. The van der Waals surface area contributed by atoms with Crippen molar-refractivity contribution in [1.82, 2.24) is 10.2 Å². The zero-order chi connectivity index (χ0) is 17.1. The lowest BCUT2D eigenvalue weighted by Crippen LogP contribution is -2.25. The van der Waals surface area contributed by atoms with Crippen molar-refractivity contribution in [2.45, 2.75) is 6.04 Å². The molecule has 1 saturated heterocycles. The molecule has 1 fully saturated rings. The van der Waals surface area contributed by atoms with E-state index in [2.05, 4.69) is 10.6 Å². The highest BCUT2D eigenvalue weighted by Gasteiger charge is 2.36. The van der Waals surface area contributed by atoms with Gasteiger partial charge in [-0.3, -0.25) is 15.0 Å². The number of likely N-dealkylation sites (N-methyl/N-ethyl adjacent to an activating group) is 1. The van der Waals surface area contributed by atoms with Gasteiger partial charge < -0.3 is 10.1 Å². The molecule has 4 amide bonds. The SMILES string of the molecule is CN1C(=O)NC(c2cccc(NC(=O)Oc3ccccc3)c2)C1=O. The Hall–Kier alpha value is -3.35. The second kappa shape index (κ2) is 6.41. The average Bonchev–Trinajstić information content (AvgIpc) is 2.83. The van der Waals surface area contributed by atoms with E-state index in [0.717, 1.165) is 4.90 Å². The van der Waals surface area contributed by atoms with Crippen LogP contribution in [0, 0.1) is 0 Å². The Bertz CT molecular complexity index is 791. The third-order valence-electron chi connectivity index (χ3n) is 3.57. The third-order valence-corrected chi connectivity index (χ3v) is 3.57.